The Labute approximate surface area is 156 Å². The second-order valence-corrected chi connectivity index (χ2v) is 6.84. The number of hydrogen-bond donors (Lipinski definition) is 2. The Kier molecular flexibility index (Phi) is 4.48. The predicted octanol–water partition coefficient (Wildman–Crippen LogP) is 5.35. The van der Waals surface area contributed by atoms with Gasteiger partial charge in [0.15, 0.2) is 5.82 Å². The van der Waals surface area contributed by atoms with Crippen LogP contribution in [0.2, 0.25) is 0 Å². The van der Waals surface area contributed by atoms with Crippen molar-refractivity contribution >= 4 is 22.7 Å². The lowest BCUT2D eigenvalue weighted by molar-refractivity contribution is 0.209. The Morgan fingerprint density at radius 1 is 1.26 bits per heavy atom. The SMILES string of the molecule is CCOc1ccc2c(F)c(-c3ccc(NC(=O)O)cc3)n(CC3CC3)c2c1. The Balaban J connectivity index is 1.82. The molecule has 0 unspecified atom stereocenters. The summed E-state index contributed by atoms with van der Waals surface area (Å²) < 4.78 is 22.9. The molecule has 5 nitrogen and oxygen atoms in total. The highest BCUT2D eigenvalue weighted by Crippen LogP contribution is 2.39. The molecule has 1 aliphatic carbocycles. The number of amides is 1. The Morgan fingerprint density at radius 2 is 2.00 bits per heavy atom. The van der Waals surface area contributed by atoms with Crippen molar-refractivity contribution in [1.82, 2.24) is 4.57 Å². The van der Waals surface area contributed by atoms with Gasteiger partial charge in [-0.2, -0.15) is 0 Å². The van der Waals surface area contributed by atoms with Crippen LogP contribution in [-0.2, 0) is 6.54 Å². The van der Waals surface area contributed by atoms with Crippen LogP contribution >= 0.6 is 0 Å². The van der Waals surface area contributed by atoms with Gasteiger partial charge in [-0.25, -0.2) is 9.18 Å². The van der Waals surface area contributed by atoms with E-state index in [1.165, 1.54) is 0 Å². The van der Waals surface area contributed by atoms with Crippen molar-refractivity contribution in [2.45, 2.75) is 26.3 Å². The topological polar surface area (TPSA) is 63.5 Å². The van der Waals surface area contributed by atoms with E-state index < -0.39 is 6.09 Å². The van der Waals surface area contributed by atoms with Gasteiger partial charge in [0.2, 0.25) is 0 Å². The minimum absolute atomic E-state index is 0.257. The first-order valence-electron chi connectivity index (χ1n) is 9.11. The number of carbonyl (C=O) groups is 1. The van der Waals surface area contributed by atoms with Gasteiger partial charge in [-0.3, -0.25) is 5.32 Å². The highest BCUT2D eigenvalue weighted by atomic mass is 19.1. The largest absolute Gasteiger partial charge is 0.494 e. The molecule has 0 atom stereocenters. The molecule has 0 saturated heterocycles. The number of halogens is 1. The molecule has 1 amide bonds. The monoisotopic (exact) mass is 368 g/mol. The summed E-state index contributed by atoms with van der Waals surface area (Å²) in [6.07, 6.45) is 1.20. The zero-order valence-corrected chi connectivity index (χ0v) is 15.0. The highest BCUT2D eigenvalue weighted by Gasteiger charge is 2.26. The first-order valence-corrected chi connectivity index (χ1v) is 9.11. The van der Waals surface area contributed by atoms with E-state index in [-0.39, 0.29) is 5.82 Å². The maximum Gasteiger partial charge on any atom is 0.409 e. The standard InChI is InChI=1S/C21H21FN2O3/c1-2-27-16-9-10-17-18(11-16)24(12-13-3-4-13)20(19(17)22)14-5-7-15(8-6-14)23-21(25)26/h5-11,13,23H,2-4,12H2,1H3,(H,25,26). The lowest BCUT2D eigenvalue weighted by Gasteiger charge is -2.12. The zero-order chi connectivity index (χ0) is 19.0. The van der Waals surface area contributed by atoms with E-state index in [2.05, 4.69) is 5.32 Å². The molecule has 1 saturated carbocycles. The summed E-state index contributed by atoms with van der Waals surface area (Å²) in [6.45, 7) is 3.24. The fraction of sp³-hybridized carbons (Fsp3) is 0.286. The van der Waals surface area contributed by atoms with E-state index in [4.69, 9.17) is 9.84 Å². The number of rotatable bonds is 6. The molecule has 0 bridgehead atoms. The number of aromatic nitrogens is 1. The number of nitrogens with one attached hydrogen (secondary N) is 1. The molecule has 27 heavy (non-hydrogen) atoms. The number of nitrogens with zero attached hydrogens (tertiary/aromatic N) is 1. The molecule has 1 aliphatic rings. The molecular weight excluding hydrogens is 347 g/mol. The molecule has 6 heteroatoms. The zero-order valence-electron chi connectivity index (χ0n) is 15.0. The van der Waals surface area contributed by atoms with Crippen LogP contribution in [0.25, 0.3) is 22.2 Å². The smallest absolute Gasteiger partial charge is 0.409 e. The van der Waals surface area contributed by atoms with Gasteiger partial charge < -0.3 is 14.4 Å². The molecular formula is C21H21FN2O3. The van der Waals surface area contributed by atoms with Crippen LogP contribution in [0.3, 0.4) is 0 Å². The fourth-order valence-electron chi connectivity index (χ4n) is 3.41. The van der Waals surface area contributed by atoms with Crippen LogP contribution in [0.15, 0.2) is 42.5 Å². The van der Waals surface area contributed by atoms with E-state index in [0.717, 1.165) is 36.2 Å². The summed E-state index contributed by atoms with van der Waals surface area (Å²) in [6, 6.07) is 12.2. The van der Waals surface area contributed by atoms with Crippen LogP contribution in [-0.4, -0.2) is 22.4 Å². The quantitative estimate of drug-likeness (QED) is 0.617. The molecule has 1 heterocycles. The highest BCUT2D eigenvalue weighted by molar-refractivity contribution is 5.90. The second kappa shape index (κ2) is 6.95. The van der Waals surface area contributed by atoms with Crippen molar-refractivity contribution < 1.29 is 19.0 Å². The molecule has 4 rings (SSSR count). The third-order valence-electron chi connectivity index (χ3n) is 4.83. The van der Waals surface area contributed by atoms with Crippen molar-refractivity contribution in [1.29, 1.82) is 0 Å². The molecule has 1 fully saturated rings. The summed E-state index contributed by atoms with van der Waals surface area (Å²) in [4.78, 5) is 10.8. The van der Waals surface area contributed by atoms with Crippen molar-refractivity contribution in [3.63, 3.8) is 0 Å². The summed E-state index contributed by atoms with van der Waals surface area (Å²) in [5, 5.41) is 11.7. The minimum atomic E-state index is -1.12. The Bertz CT molecular complexity index is 991. The van der Waals surface area contributed by atoms with Crippen LogP contribution in [0.4, 0.5) is 14.9 Å². The first kappa shape index (κ1) is 17.4. The number of fused-ring (bicyclic) bond motifs is 1. The average Bonchev–Trinajstić information content (AvgIpc) is 3.42. The van der Waals surface area contributed by atoms with Gasteiger partial charge in [0.05, 0.1) is 17.8 Å². The predicted molar refractivity (Wildman–Crippen MR) is 103 cm³/mol. The van der Waals surface area contributed by atoms with Crippen LogP contribution in [0.5, 0.6) is 5.75 Å². The van der Waals surface area contributed by atoms with Gasteiger partial charge in [0, 0.05) is 29.2 Å². The maximum atomic E-state index is 15.3. The average molecular weight is 368 g/mol. The lowest BCUT2D eigenvalue weighted by atomic mass is 10.1. The summed E-state index contributed by atoms with van der Waals surface area (Å²) in [5.41, 5.74) is 2.54. The molecule has 1 aromatic heterocycles. The summed E-state index contributed by atoms with van der Waals surface area (Å²) >= 11 is 0. The van der Waals surface area contributed by atoms with E-state index >= 15 is 4.39 Å². The summed E-state index contributed by atoms with van der Waals surface area (Å²) in [5.74, 6) is 1.04. The van der Waals surface area contributed by atoms with Gasteiger partial charge in [-0.1, -0.05) is 12.1 Å². The number of ether oxygens (including phenoxy) is 1. The number of carboxylic acid groups (broad SMARTS) is 1. The van der Waals surface area contributed by atoms with Crippen LogP contribution in [0.1, 0.15) is 19.8 Å². The second-order valence-electron chi connectivity index (χ2n) is 6.84. The molecule has 140 valence electrons. The van der Waals surface area contributed by atoms with Gasteiger partial charge >= 0.3 is 6.09 Å². The van der Waals surface area contributed by atoms with Gasteiger partial charge in [-0.05, 0) is 49.9 Å². The minimum Gasteiger partial charge on any atom is -0.494 e. The van der Waals surface area contributed by atoms with Crippen molar-refractivity contribution in [2.75, 3.05) is 11.9 Å². The molecule has 2 N–H and O–H groups in total. The van der Waals surface area contributed by atoms with E-state index in [1.54, 1.807) is 36.4 Å². The van der Waals surface area contributed by atoms with Crippen LogP contribution in [0, 0.1) is 11.7 Å². The Hall–Kier alpha value is -3.02. The van der Waals surface area contributed by atoms with Crippen molar-refractivity contribution in [2.24, 2.45) is 5.92 Å². The fourth-order valence-corrected chi connectivity index (χ4v) is 3.41. The lowest BCUT2D eigenvalue weighted by Crippen LogP contribution is -2.07. The van der Waals surface area contributed by atoms with Gasteiger partial charge in [0.25, 0.3) is 0 Å². The molecule has 3 aromatic rings. The van der Waals surface area contributed by atoms with Gasteiger partial charge in [0.1, 0.15) is 5.75 Å². The van der Waals surface area contributed by atoms with E-state index in [9.17, 15) is 4.79 Å². The third kappa shape index (κ3) is 3.47. The molecule has 0 spiro atoms. The summed E-state index contributed by atoms with van der Waals surface area (Å²) in [7, 11) is 0. The van der Waals surface area contributed by atoms with Crippen LogP contribution < -0.4 is 10.1 Å². The third-order valence-corrected chi connectivity index (χ3v) is 4.83. The van der Waals surface area contributed by atoms with E-state index in [1.807, 2.05) is 17.6 Å². The van der Waals surface area contributed by atoms with Crippen molar-refractivity contribution in [3.8, 4) is 17.0 Å². The molecule has 2 aromatic carbocycles. The maximum absolute atomic E-state index is 15.3. The molecule has 0 radical (unpaired) electrons. The number of anilines is 1. The first-order chi connectivity index (χ1) is 13.1. The number of benzene rings is 2. The normalized spacial score (nSPS) is 13.7. The van der Waals surface area contributed by atoms with Gasteiger partial charge in [-0.15, -0.1) is 0 Å². The van der Waals surface area contributed by atoms with Crippen molar-refractivity contribution in [3.05, 3.63) is 48.3 Å². The molecule has 0 aliphatic heterocycles. The van der Waals surface area contributed by atoms with E-state index in [0.29, 0.717) is 29.3 Å². The number of hydrogen-bond acceptors (Lipinski definition) is 2. The Morgan fingerprint density at radius 3 is 2.63 bits per heavy atom.